The summed E-state index contributed by atoms with van der Waals surface area (Å²) in [5, 5.41) is 3.84. The third-order valence-corrected chi connectivity index (χ3v) is 5.82. The van der Waals surface area contributed by atoms with E-state index >= 15 is 0 Å². The smallest absolute Gasteiger partial charge is 0.0247 e. The van der Waals surface area contributed by atoms with Crippen LogP contribution in [0.1, 0.15) is 72.6 Å². The molecule has 2 aliphatic rings. The van der Waals surface area contributed by atoms with Gasteiger partial charge in [0, 0.05) is 31.2 Å². The molecule has 0 spiro atoms. The molecule has 1 heterocycles. The molecule has 2 rings (SSSR count). The van der Waals surface area contributed by atoms with E-state index in [0.717, 1.165) is 23.9 Å². The van der Waals surface area contributed by atoms with Crippen molar-refractivity contribution in [3.63, 3.8) is 0 Å². The summed E-state index contributed by atoms with van der Waals surface area (Å²) >= 11 is 0. The van der Waals surface area contributed by atoms with E-state index < -0.39 is 0 Å². The fourth-order valence-electron chi connectivity index (χ4n) is 4.11. The molecule has 3 unspecified atom stereocenters. The highest BCUT2D eigenvalue weighted by atomic mass is 15.3. The number of piperazine rings is 1. The second kappa shape index (κ2) is 7.79. The lowest BCUT2D eigenvalue weighted by atomic mass is 9.89. The number of hydrogen-bond acceptors (Lipinski definition) is 2. The molecular weight excluding hydrogens is 244 g/mol. The summed E-state index contributed by atoms with van der Waals surface area (Å²) in [5.41, 5.74) is 0. The van der Waals surface area contributed by atoms with Crippen molar-refractivity contribution >= 4 is 0 Å². The highest BCUT2D eigenvalue weighted by molar-refractivity contribution is 4.93. The molecule has 20 heavy (non-hydrogen) atoms. The van der Waals surface area contributed by atoms with Crippen LogP contribution in [0.2, 0.25) is 0 Å². The molecule has 1 N–H and O–H groups in total. The lowest BCUT2D eigenvalue weighted by molar-refractivity contribution is 0.0370. The minimum atomic E-state index is 0.707. The lowest BCUT2D eigenvalue weighted by Gasteiger charge is -2.47. The van der Waals surface area contributed by atoms with E-state index in [1.807, 2.05) is 0 Å². The number of nitrogens with one attached hydrogen (secondary N) is 1. The largest absolute Gasteiger partial charge is 0.311 e. The first-order chi connectivity index (χ1) is 9.63. The molecule has 0 aromatic heterocycles. The summed E-state index contributed by atoms with van der Waals surface area (Å²) in [5.74, 6) is 1.57. The topological polar surface area (TPSA) is 15.3 Å². The Bertz CT molecular complexity index is 269. The summed E-state index contributed by atoms with van der Waals surface area (Å²) in [7, 11) is 0. The highest BCUT2D eigenvalue weighted by Gasteiger charge is 2.35. The summed E-state index contributed by atoms with van der Waals surface area (Å²) in [6, 6.07) is 2.32. The van der Waals surface area contributed by atoms with Gasteiger partial charge in [-0.2, -0.15) is 0 Å². The Morgan fingerprint density at radius 2 is 1.70 bits per heavy atom. The molecule has 2 fully saturated rings. The lowest BCUT2D eigenvalue weighted by Crippen LogP contribution is -2.62. The Balaban J connectivity index is 2.05. The van der Waals surface area contributed by atoms with Crippen LogP contribution in [0, 0.1) is 11.8 Å². The van der Waals surface area contributed by atoms with Crippen LogP contribution in [0.5, 0.6) is 0 Å². The van der Waals surface area contributed by atoms with Crippen molar-refractivity contribution in [1.29, 1.82) is 0 Å². The maximum atomic E-state index is 3.84. The molecule has 0 aromatic carbocycles. The predicted octanol–water partition coefficient (Wildman–Crippen LogP) is 4.05. The van der Waals surface area contributed by atoms with Gasteiger partial charge in [0.25, 0.3) is 0 Å². The van der Waals surface area contributed by atoms with Crippen molar-refractivity contribution in [1.82, 2.24) is 10.2 Å². The number of nitrogens with zero attached hydrogens (tertiary/aromatic N) is 1. The van der Waals surface area contributed by atoms with Crippen LogP contribution in [-0.2, 0) is 0 Å². The predicted molar refractivity (Wildman–Crippen MR) is 88.1 cm³/mol. The first-order valence-corrected chi connectivity index (χ1v) is 9.12. The third-order valence-electron chi connectivity index (χ3n) is 5.82. The van der Waals surface area contributed by atoms with E-state index in [1.165, 1.54) is 58.0 Å². The van der Waals surface area contributed by atoms with Gasteiger partial charge in [0.1, 0.15) is 0 Å². The third kappa shape index (κ3) is 3.98. The Morgan fingerprint density at radius 3 is 2.25 bits per heavy atom. The zero-order chi connectivity index (χ0) is 14.5. The van der Waals surface area contributed by atoms with Crippen molar-refractivity contribution < 1.29 is 0 Å². The molecule has 0 amide bonds. The maximum absolute atomic E-state index is 3.84. The van der Waals surface area contributed by atoms with Gasteiger partial charge in [-0.1, -0.05) is 59.8 Å². The van der Waals surface area contributed by atoms with Gasteiger partial charge in [-0.3, -0.25) is 4.90 Å². The Hall–Kier alpha value is -0.0800. The van der Waals surface area contributed by atoms with E-state index in [1.54, 1.807) is 0 Å². The summed E-state index contributed by atoms with van der Waals surface area (Å²) in [6.07, 6.45) is 10.0. The fourth-order valence-corrected chi connectivity index (χ4v) is 4.11. The van der Waals surface area contributed by atoms with Crippen LogP contribution in [-0.4, -0.2) is 36.1 Å². The zero-order valence-electron chi connectivity index (χ0n) is 14.2. The van der Waals surface area contributed by atoms with Gasteiger partial charge in [0.15, 0.2) is 0 Å². The average molecular weight is 280 g/mol. The summed E-state index contributed by atoms with van der Waals surface area (Å²) in [6.45, 7) is 12.0. The second-order valence-corrected chi connectivity index (χ2v) is 7.55. The van der Waals surface area contributed by atoms with Crippen molar-refractivity contribution in [2.45, 2.75) is 90.8 Å². The normalized spacial score (nSPS) is 32.2. The molecule has 1 saturated heterocycles. The molecule has 2 nitrogen and oxygen atoms in total. The minimum absolute atomic E-state index is 0.707. The Labute approximate surface area is 126 Å². The van der Waals surface area contributed by atoms with Gasteiger partial charge in [-0.15, -0.1) is 0 Å². The van der Waals surface area contributed by atoms with Gasteiger partial charge in [-0.05, 0) is 24.7 Å². The molecule has 3 atom stereocenters. The molecule has 0 aromatic rings. The molecule has 0 bridgehead atoms. The van der Waals surface area contributed by atoms with Gasteiger partial charge in [0.05, 0.1) is 0 Å². The van der Waals surface area contributed by atoms with Crippen LogP contribution in [0.4, 0.5) is 0 Å². The van der Waals surface area contributed by atoms with Crippen LogP contribution < -0.4 is 5.32 Å². The van der Waals surface area contributed by atoms with Crippen LogP contribution >= 0.6 is 0 Å². The number of hydrogen-bond donors (Lipinski definition) is 1. The molecule has 1 aliphatic carbocycles. The first-order valence-electron chi connectivity index (χ1n) is 9.12. The summed E-state index contributed by atoms with van der Waals surface area (Å²) in [4.78, 5) is 2.91. The van der Waals surface area contributed by atoms with E-state index in [9.17, 15) is 0 Å². The van der Waals surface area contributed by atoms with E-state index in [2.05, 4.69) is 37.9 Å². The van der Waals surface area contributed by atoms with Gasteiger partial charge >= 0.3 is 0 Å². The standard InChI is InChI=1S/C18H36N2/c1-5-15(4)17-13-20(18(12-19-17)14(2)3)16-10-8-6-7-9-11-16/h14-19H,5-13H2,1-4H3. The van der Waals surface area contributed by atoms with E-state index in [0.29, 0.717) is 6.04 Å². The van der Waals surface area contributed by atoms with Crippen LogP contribution in [0.3, 0.4) is 0 Å². The van der Waals surface area contributed by atoms with Crippen molar-refractivity contribution in [3.8, 4) is 0 Å². The molecule has 2 heteroatoms. The van der Waals surface area contributed by atoms with E-state index in [4.69, 9.17) is 0 Å². The first kappa shape index (κ1) is 16.3. The van der Waals surface area contributed by atoms with Crippen LogP contribution in [0.15, 0.2) is 0 Å². The van der Waals surface area contributed by atoms with Gasteiger partial charge < -0.3 is 5.32 Å². The zero-order valence-corrected chi connectivity index (χ0v) is 14.2. The highest BCUT2D eigenvalue weighted by Crippen LogP contribution is 2.28. The average Bonchev–Trinajstić information content (AvgIpc) is 2.74. The fraction of sp³-hybridized carbons (Fsp3) is 1.00. The minimum Gasteiger partial charge on any atom is -0.311 e. The van der Waals surface area contributed by atoms with Crippen molar-refractivity contribution in [3.05, 3.63) is 0 Å². The van der Waals surface area contributed by atoms with Crippen LogP contribution in [0.25, 0.3) is 0 Å². The summed E-state index contributed by atoms with van der Waals surface area (Å²) < 4.78 is 0. The van der Waals surface area contributed by atoms with Crippen molar-refractivity contribution in [2.24, 2.45) is 11.8 Å². The molecule has 1 saturated carbocycles. The van der Waals surface area contributed by atoms with Gasteiger partial charge in [-0.25, -0.2) is 0 Å². The van der Waals surface area contributed by atoms with E-state index in [-0.39, 0.29) is 0 Å². The Kier molecular flexibility index (Phi) is 6.35. The monoisotopic (exact) mass is 280 g/mol. The van der Waals surface area contributed by atoms with Crippen molar-refractivity contribution in [2.75, 3.05) is 13.1 Å². The number of rotatable bonds is 4. The molecule has 0 radical (unpaired) electrons. The SMILES string of the molecule is CCC(C)C1CN(C2CCCCCC2)C(C(C)C)CN1. The Morgan fingerprint density at radius 1 is 1.05 bits per heavy atom. The van der Waals surface area contributed by atoms with Gasteiger partial charge in [0.2, 0.25) is 0 Å². The maximum Gasteiger partial charge on any atom is 0.0247 e. The molecule has 118 valence electrons. The molecule has 1 aliphatic heterocycles. The quantitative estimate of drug-likeness (QED) is 0.781. The molecular formula is C18H36N2. The second-order valence-electron chi connectivity index (χ2n) is 7.55.